The van der Waals surface area contributed by atoms with Crippen LogP contribution in [0.2, 0.25) is 0 Å². The Labute approximate surface area is 264 Å². The van der Waals surface area contributed by atoms with Gasteiger partial charge in [-0.2, -0.15) is 0 Å². The lowest BCUT2D eigenvalue weighted by molar-refractivity contribution is -0.482. The van der Waals surface area contributed by atoms with Crippen LogP contribution in [0.5, 0.6) is 0 Å². The molecular formula is C42H45N2+. The van der Waals surface area contributed by atoms with E-state index in [9.17, 15) is 0 Å². The molecule has 0 aliphatic carbocycles. The molecule has 0 unspecified atom stereocenters. The van der Waals surface area contributed by atoms with Gasteiger partial charge in [-0.25, -0.2) is 9.48 Å². The predicted octanol–water partition coefficient (Wildman–Crippen LogP) is 11.0. The van der Waals surface area contributed by atoms with E-state index in [0.717, 1.165) is 0 Å². The number of nitrogens with zero attached hydrogens (tertiary/aromatic N) is 2. The van der Waals surface area contributed by atoms with Crippen molar-refractivity contribution in [3.8, 4) is 11.1 Å². The van der Waals surface area contributed by atoms with Gasteiger partial charge in [0, 0.05) is 16.7 Å². The van der Waals surface area contributed by atoms with E-state index in [1.165, 1.54) is 72.6 Å². The average Bonchev–Trinajstić information content (AvgIpc) is 3.37. The van der Waals surface area contributed by atoms with E-state index in [-0.39, 0.29) is 12.1 Å². The van der Waals surface area contributed by atoms with Crippen molar-refractivity contribution in [2.24, 2.45) is 0 Å². The lowest BCUT2D eigenvalue weighted by Crippen LogP contribution is -2.27. The Bertz CT molecular complexity index is 1800. The molecule has 0 radical (unpaired) electrons. The first-order valence-corrected chi connectivity index (χ1v) is 16.0. The molecule has 5 aromatic rings. The van der Waals surface area contributed by atoms with Crippen LogP contribution in [-0.2, 0) is 0 Å². The number of anilines is 1. The Kier molecular flexibility index (Phi) is 8.03. The highest BCUT2D eigenvalue weighted by Gasteiger charge is 2.47. The molecule has 44 heavy (non-hydrogen) atoms. The number of rotatable bonds is 6. The summed E-state index contributed by atoms with van der Waals surface area (Å²) < 4.78 is 2.55. The van der Waals surface area contributed by atoms with Crippen LogP contribution in [0, 0.1) is 41.5 Å². The Morgan fingerprint density at radius 1 is 0.591 bits per heavy atom. The maximum absolute atomic E-state index is 2.58. The summed E-state index contributed by atoms with van der Waals surface area (Å²) in [6.45, 7) is 18.0. The van der Waals surface area contributed by atoms with Crippen LogP contribution in [0.25, 0.3) is 11.1 Å². The van der Waals surface area contributed by atoms with Gasteiger partial charge >= 0.3 is 0 Å². The molecule has 1 aliphatic rings. The summed E-state index contributed by atoms with van der Waals surface area (Å²) >= 11 is 0. The maximum atomic E-state index is 2.58. The van der Waals surface area contributed by atoms with Crippen molar-refractivity contribution in [2.45, 2.75) is 73.4 Å². The second kappa shape index (κ2) is 11.9. The van der Waals surface area contributed by atoms with E-state index in [1.54, 1.807) is 0 Å². The van der Waals surface area contributed by atoms with Crippen molar-refractivity contribution in [1.82, 2.24) is 0 Å². The monoisotopic (exact) mass is 577 g/mol. The molecule has 2 atom stereocenters. The first kappa shape index (κ1) is 29.6. The highest BCUT2D eigenvalue weighted by Crippen LogP contribution is 2.49. The Morgan fingerprint density at radius 2 is 1.11 bits per heavy atom. The fourth-order valence-corrected chi connectivity index (χ4v) is 7.49. The minimum absolute atomic E-state index is 0.0610. The molecule has 222 valence electrons. The van der Waals surface area contributed by atoms with Gasteiger partial charge in [-0.3, -0.25) is 0 Å². The standard InChI is InChI=1S/C42H45N2/c1-27(2)36-19-20-37(39-30(5)21-28(3)22-31(39)6)38(25-36)43-26-44(40-32(7)23-29(4)24-33(40)8)42(35-17-13-10-14-18-35)41(43)34-15-11-9-12-16-34/h9-27,41-42H,1-8H3/q+1/t41-,42-/m0/s1. The van der Waals surface area contributed by atoms with Crippen LogP contribution in [0.1, 0.15) is 81.9 Å². The number of hydrogen-bond donors (Lipinski definition) is 0. The molecule has 6 rings (SSSR count). The lowest BCUT2D eigenvalue weighted by atomic mass is 9.88. The van der Waals surface area contributed by atoms with Gasteiger partial charge in [0.15, 0.2) is 12.1 Å². The topological polar surface area (TPSA) is 6.25 Å². The van der Waals surface area contributed by atoms with E-state index in [4.69, 9.17) is 0 Å². The lowest BCUT2D eigenvalue weighted by Gasteiger charge is -2.27. The Hall–Kier alpha value is -4.43. The Balaban J connectivity index is 1.69. The molecule has 1 heterocycles. The predicted molar refractivity (Wildman–Crippen MR) is 188 cm³/mol. The summed E-state index contributed by atoms with van der Waals surface area (Å²) in [5.74, 6) is 0.420. The number of benzene rings is 5. The van der Waals surface area contributed by atoms with Gasteiger partial charge in [0.05, 0.1) is 0 Å². The van der Waals surface area contributed by atoms with Gasteiger partial charge in [0.2, 0.25) is 6.34 Å². The van der Waals surface area contributed by atoms with Crippen molar-refractivity contribution in [2.75, 3.05) is 4.90 Å². The largest absolute Gasteiger partial charge is 0.245 e. The van der Waals surface area contributed by atoms with Gasteiger partial charge in [-0.05, 0) is 93.0 Å². The summed E-state index contributed by atoms with van der Waals surface area (Å²) in [5.41, 5.74) is 17.0. The third-order valence-electron chi connectivity index (χ3n) is 9.24. The first-order valence-electron chi connectivity index (χ1n) is 16.0. The molecule has 0 fully saturated rings. The SMILES string of the molecule is Cc1cc(C)c(-c2ccc(C(C)C)cc2N2C=[N+](c3c(C)cc(C)cc3C)[C@@H](c3ccccc3)[C@@H]2c2ccccc2)c(C)c1. The van der Waals surface area contributed by atoms with Gasteiger partial charge in [-0.1, -0.05) is 116 Å². The molecule has 0 saturated heterocycles. The second-order valence-corrected chi connectivity index (χ2v) is 13.1. The van der Waals surface area contributed by atoms with Crippen LogP contribution in [0.15, 0.2) is 103 Å². The molecule has 0 N–H and O–H groups in total. The van der Waals surface area contributed by atoms with Crippen LogP contribution >= 0.6 is 0 Å². The minimum atomic E-state index is 0.0610. The van der Waals surface area contributed by atoms with E-state index < -0.39 is 0 Å². The fraction of sp³-hybridized carbons (Fsp3) is 0.262. The molecule has 2 heteroatoms. The van der Waals surface area contributed by atoms with Crippen LogP contribution in [0.3, 0.4) is 0 Å². The van der Waals surface area contributed by atoms with Gasteiger partial charge in [0.1, 0.15) is 11.4 Å². The second-order valence-electron chi connectivity index (χ2n) is 13.1. The van der Waals surface area contributed by atoms with Crippen molar-refractivity contribution < 1.29 is 4.58 Å². The van der Waals surface area contributed by atoms with Gasteiger partial charge in [-0.15, -0.1) is 0 Å². The highest BCUT2D eigenvalue weighted by molar-refractivity contribution is 5.92. The third kappa shape index (κ3) is 5.39. The van der Waals surface area contributed by atoms with Crippen molar-refractivity contribution in [1.29, 1.82) is 0 Å². The molecule has 5 aromatic carbocycles. The molecular weight excluding hydrogens is 532 g/mol. The van der Waals surface area contributed by atoms with E-state index in [2.05, 4.69) is 174 Å². The molecule has 1 aliphatic heterocycles. The van der Waals surface area contributed by atoms with Gasteiger partial charge in [0.25, 0.3) is 0 Å². The summed E-state index contributed by atoms with van der Waals surface area (Å²) in [6.07, 6.45) is 2.40. The van der Waals surface area contributed by atoms with Crippen molar-refractivity contribution in [3.63, 3.8) is 0 Å². The summed E-state index contributed by atoms with van der Waals surface area (Å²) in [7, 11) is 0. The van der Waals surface area contributed by atoms with Crippen LogP contribution in [0.4, 0.5) is 11.4 Å². The zero-order chi connectivity index (χ0) is 31.1. The quantitative estimate of drug-likeness (QED) is 0.182. The number of aryl methyl sites for hydroxylation is 6. The van der Waals surface area contributed by atoms with E-state index in [0.29, 0.717) is 5.92 Å². The summed E-state index contributed by atoms with van der Waals surface area (Å²) in [5, 5.41) is 0. The molecule has 0 saturated carbocycles. The molecule has 2 nitrogen and oxygen atoms in total. The third-order valence-corrected chi connectivity index (χ3v) is 9.24. The highest BCUT2D eigenvalue weighted by atomic mass is 15.3. The summed E-state index contributed by atoms with van der Waals surface area (Å²) in [6, 6.07) is 38.7. The minimum Gasteiger partial charge on any atom is -0.221 e. The van der Waals surface area contributed by atoms with E-state index >= 15 is 0 Å². The molecule has 0 spiro atoms. The number of hydrogen-bond acceptors (Lipinski definition) is 1. The molecule has 0 amide bonds. The average molecular weight is 578 g/mol. The van der Waals surface area contributed by atoms with Gasteiger partial charge < -0.3 is 0 Å². The normalized spacial score (nSPS) is 16.5. The van der Waals surface area contributed by atoms with Crippen molar-refractivity contribution >= 4 is 17.7 Å². The van der Waals surface area contributed by atoms with E-state index in [1.807, 2.05) is 0 Å². The van der Waals surface area contributed by atoms with Crippen molar-refractivity contribution in [3.05, 3.63) is 153 Å². The maximum Gasteiger partial charge on any atom is 0.245 e. The van der Waals surface area contributed by atoms with Crippen LogP contribution in [-0.4, -0.2) is 10.9 Å². The zero-order valence-corrected chi connectivity index (χ0v) is 27.5. The molecule has 0 aromatic heterocycles. The zero-order valence-electron chi connectivity index (χ0n) is 27.5. The smallest absolute Gasteiger partial charge is 0.221 e. The fourth-order valence-electron chi connectivity index (χ4n) is 7.49. The molecule has 0 bridgehead atoms. The first-order chi connectivity index (χ1) is 21.1. The summed E-state index contributed by atoms with van der Waals surface area (Å²) in [4.78, 5) is 2.58. The Morgan fingerprint density at radius 3 is 1.66 bits per heavy atom. The van der Waals surface area contributed by atoms with Crippen LogP contribution < -0.4 is 4.90 Å².